The van der Waals surface area contributed by atoms with Crippen LogP contribution in [0.5, 0.6) is 0 Å². The first-order valence-corrected chi connectivity index (χ1v) is 7.91. The fourth-order valence-corrected chi connectivity index (χ4v) is 5.15. The second-order valence-electron chi connectivity index (χ2n) is 4.59. The Labute approximate surface area is 104 Å². The molecule has 92 valence electrons. The van der Waals surface area contributed by atoms with E-state index in [9.17, 15) is 18.8 Å². The Hall–Kier alpha value is -0.900. The smallest absolute Gasteiger partial charge is 0.152 e. The molecule has 0 aromatic carbocycles. The van der Waals surface area contributed by atoms with Crippen LogP contribution in [-0.4, -0.2) is 25.0 Å². The summed E-state index contributed by atoms with van der Waals surface area (Å²) in [5.74, 6) is -0.288. The topological polar surface area (TPSA) is 78.2 Å². The molecule has 0 radical (unpaired) electrons. The Kier molecular flexibility index (Phi) is 2.81. The summed E-state index contributed by atoms with van der Waals surface area (Å²) < 4.78 is 23.1. The summed E-state index contributed by atoms with van der Waals surface area (Å²) in [4.78, 5) is 0.635. The first kappa shape index (κ1) is 12.6. The monoisotopic (exact) mass is 271 g/mol. The summed E-state index contributed by atoms with van der Waals surface area (Å²) in [7, 11) is -3.22. The molecule has 6 heteroatoms. The Morgan fingerprint density at radius 2 is 2.35 bits per heavy atom. The third kappa shape index (κ3) is 1.88. The number of sulfone groups is 1. The van der Waals surface area contributed by atoms with Crippen LogP contribution in [0.25, 0.3) is 0 Å². The zero-order valence-corrected chi connectivity index (χ0v) is 11.0. The molecule has 1 aliphatic rings. The molecule has 4 nitrogen and oxygen atoms in total. The standard InChI is InChI=1S/C11H13NO3S2/c1-10(13,9-3-2-5-16-9)11(7-12)4-6-17(14,15)8-11/h2-3,5,13H,4,6,8H2,1H3. The Morgan fingerprint density at radius 3 is 2.76 bits per heavy atom. The summed E-state index contributed by atoms with van der Waals surface area (Å²) in [5, 5.41) is 21.7. The van der Waals surface area contributed by atoms with Gasteiger partial charge in [-0.3, -0.25) is 0 Å². The molecule has 0 bridgehead atoms. The molecule has 1 aromatic rings. The number of nitrogens with zero attached hydrogens (tertiary/aromatic N) is 1. The summed E-state index contributed by atoms with van der Waals surface area (Å²) in [6.07, 6.45) is 0.191. The average Bonchev–Trinajstić information content (AvgIpc) is 2.85. The number of aliphatic hydroxyl groups is 1. The van der Waals surface area contributed by atoms with Gasteiger partial charge in [0.25, 0.3) is 0 Å². The van der Waals surface area contributed by atoms with Gasteiger partial charge in [0.1, 0.15) is 11.0 Å². The summed E-state index contributed by atoms with van der Waals surface area (Å²) >= 11 is 1.33. The minimum Gasteiger partial charge on any atom is -0.383 e. The van der Waals surface area contributed by atoms with Gasteiger partial charge < -0.3 is 5.11 Å². The zero-order valence-electron chi connectivity index (χ0n) is 9.38. The molecule has 0 amide bonds. The molecule has 17 heavy (non-hydrogen) atoms. The third-order valence-corrected chi connectivity index (χ3v) is 6.29. The van der Waals surface area contributed by atoms with Crippen molar-refractivity contribution in [2.45, 2.75) is 18.9 Å². The molecule has 2 unspecified atom stereocenters. The molecule has 2 heterocycles. The van der Waals surface area contributed by atoms with Gasteiger partial charge in [0.05, 0.1) is 17.6 Å². The quantitative estimate of drug-likeness (QED) is 0.879. The van der Waals surface area contributed by atoms with Gasteiger partial charge in [-0.1, -0.05) is 6.07 Å². The second-order valence-corrected chi connectivity index (χ2v) is 7.72. The minimum atomic E-state index is -3.22. The molecule has 1 aromatic heterocycles. The van der Waals surface area contributed by atoms with E-state index in [1.807, 2.05) is 6.07 Å². The molecule has 2 atom stereocenters. The molecule has 1 fully saturated rings. The lowest BCUT2D eigenvalue weighted by molar-refractivity contribution is -0.0290. The van der Waals surface area contributed by atoms with Crippen LogP contribution in [0.2, 0.25) is 0 Å². The highest BCUT2D eigenvalue weighted by Crippen LogP contribution is 2.48. The van der Waals surface area contributed by atoms with E-state index in [1.165, 1.54) is 18.3 Å². The van der Waals surface area contributed by atoms with Crippen molar-refractivity contribution in [1.82, 2.24) is 0 Å². The lowest BCUT2D eigenvalue weighted by Crippen LogP contribution is -2.43. The predicted molar refractivity (Wildman–Crippen MR) is 65.2 cm³/mol. The molecule has 0 aliphatic carbocycles. The molecule has 1 aliphatic heterocycles. The van der Waals surface area contributed by atoms with E-state index in [2.05, 4.69) is 0 Å². The van der Waals surface area contributed by atoms with Crippen LogP contribution in [0.15, 0.2) is 17.5 Å². The predicted octanol–water partition coefficient (Wildman–Crippen LogP) is 1.28. The molecule has 1 saturated heterocycles. The van der Waals surface area contributed by atoms with E-state index >= 15 is 0 Å². The van der Waals surface area contributed by atoms with Crippen LogP contribution < -0.4 is 0 Å². The van der Waals surface area contributed by atoms with Crippen molar-refractivity contribution >= 4 is 21.2 Å². The number of nitriles is 1. The highest BCUT2D eigenvalue weighted by Gasteiger charge is 2.55. The van der Waals surface area contributed by atoms with Crippen LogP contribution in [-0.2, 0) is 15.4 Å². The van der Waals surface area contributed by atoms with E-state index < -0.39 is 20.9 Å². The maximum absolute atomic E-state index is 11.6. The molecule has 1 N–H and O–H groups in total. The van der Waals surface area contributed by atoms with Gasteiger partial charge in [-0.05, 0) is 24.8 Å². The Morgan fingerprint density at radius 1 is 1.65 bits per heavy atom. The minimum absolute atomic E-state index is 0.0257. The van der Waals surface area contributed by atoms with E-state index in [4.69, 9.17) is 0 Å². The molecule has 2 rings (SSSR count). The summed E-state index contributed by atoms with van der Waals surface area (Å²) in [6.45, 7) is 1.53. The van der Waals surface area contributed by atoms with Crippen LogP contribution >= 0.6 is 11.3 Å². The van der Waals surface area contributed by atoms with Gasteiger partial charge >= 0.3 is 0 Å². The number of rotatable bonds is 2. The van der Waals surface area contributed by atoms with Crippen molar-refractivity contribution in [3.63, 3.8) is 0 Å². The van der Waals surface area contributed by atoms with Crippen LogP contribution in [0, 0.1) is 16.7 Å². The normalized spacial score (nSPS) is 30.6. The zero-order chi connectivity index (χ0) is 12.7. The number of thiophene rings is 1. The van der Waals surface area contributed by atoms with Crippen molar-refractivity contribution in [3.8, 4) is 6.07 Å². The largest absolute Gasteiger partial charge is 0.383 e. The highest BCUT2D eigenvalue weighted by atomic mass is 32.2. The van der Waals surface area contributed by atoms with E-state index in [-0.39, 0.29) is 17.9 Å². The fraction of sp³-hybridized carbons (Fsp3) is 0.545. The Bertz CT molecular complexity index is 554. The van der Waals surface area contributed by atoms with E-state index in [0.717, 1.165) is 0 Å². The van der Waals surface area contributed by atoms with Crippen molar-refractivity contribution in [3.05, 3.63) is 22.4 Å². The number of hydrogen-bond acceptors (Lipinski definition) is 5. The van der Waals surface area contributed by atoms with Gasteiger partial charge in [0.15, 0.2) is 9.84 Å². The third-order valence-electron chi connectivity index (χ3n) is 3.45. The fourth-order valence-electron chi connectivity index (χ4n) is 2.22. The maximum atomic E-state index is 11.6. The van der Waals surface area contributed by atoms with Gasteiger partial charge in [-0.2, -0.15) is 5.26 Å². The van der Waals surface area contributed by atoms with Gasteiger partial charge in [0.2, 0.25) is 0 Å². The lowest BCUT2D eigenvalue weighted by Gasteiger charge is -2.35. The molecule has 0 saturated carbocycles. The second kappa shape index (κ2) is 3.80. The Balaban J connectivity index is 2.48. The maximum Gasteiger partial charge on any atom is 0.152 e. The van der Waals surface area contributed by atoms with Crippen LogP contribution in [0.4, 0.5) is 0 Å². The van der Waals surface area contributed by atoms with Gasteiger partial charge in [0, 0.05) is 4.88 Å². The van der Waals surface area contributed by atoms with Crippen LogP contribution in [0.1, 0.15) is 18.2 Å². The van der Waals surface area contributed by atoms with Crippen molar-refractivity contribution in [2.75, 3.05) is 11.5 Å². The first-order chi connectivity index (χ1) is 7.83. The van der Waals surface area contributed by atoms with E-state index in [0.29, 0.717) is 4.88 Å². The van der Waals surface area contributed by atoms with Crippen molar-refractivity contribution < 1.29 is 13.5 Å². The van der Waals surface area contributed by atoms with Crippen molar-refractivity contribution in [1.29, 1.82) is 5.26 Å². The van der Waals surface area contributed by atoms with Gasteiger partial charge in [-0.15, -0.1) is 11.3 Å². The summed E-state index contributed by atoms with van der Waals surface area (Å²) in [5.41, 5.74) is -2.64. The molecular weight excluding hydrogens is 258 g/mol. The SMILES string of the molecule is CC(O)(c1cccs1)C1(C#N)CCS(=O)(=O)C1. The van der Waals surface area contributed by atoms with E-state index in [1.54, 1.807) is 17.5 Å². The lowest BCUT2D eigenvalue weighted by atomic mass is 9.73. The van der Waals surface area contributed by atoms with Crippen LogP contribution in [0.3, 0.4) is 0 Å². The highest BCUT2D eigenvalue weighted by molar-refractivity contribution is 7.91. The first-order valence-electron chi connectivity index (χ1n) is 5.21. The summed E-state index contributed by atoms with van der Waals surface area (Å²) in [6, 6.07) is 5.55. The molecular formula is C11H13NO3S2. The molecule has 0 spiro atoms. The van der Waals surface area contributed by atoms with Crippen molar-refractivity contribution in [2.24, 2.45) is 5.41 Å². The number of hydrogen-bond donors (Lipinski definition) is 1. The van der Waals surface area contributed by atoms with Gasteiger partial charge in [-0.25, -0.2) is 8.42 Å². The average molecular weight is 271 g/mol.